The van der Waals surface area contributed by atoms with E-state index in [1.54, 1.807) is 41.3 Å². The highest BCUT2D eigenvalue weighted by atomic mass is 79.9. The number of hydrogen-bond acceptors (Lipinski definition) is 4. The lowest BCUT2D eigenvalue weighted by molar-refractivity contribution is -0.306. The van der Waals surface area contributed by atoms with Crippen molar-refractivity contribution in [2.24, 2.45) is 4.40 Å². The third kappa shape index (κ3) is 4.40. The fraction of sp³-hybridized carbons (Fsp3) is 0.0800. The summed E-state index contributed by atoms with van der Waals surface area (Å²) in [5, 5.41) is 15.5. The summed E-state index contributed by atoms with van der Waals surface area (Å²) in [6.45, 7) is 2.30. The van der Waals surface area contributed by atoms with E-state index in [1.165, 1.54) is 12.1 Å². The van der Waals surface area contributed by atoms with Gasteiger partial charge in [0, 0.05) is 27.7 Å². The SMILES string of the molecule is CCN(C([O-])=C1C=CC=CC1=NS(=O)(=O)c1ccc(Br)cc1)c1cccc2ccccc12. The Hall–Kier alpha value is -3.16. The average Bonchev–Trinajstić information content (AvgIpc) is 2.80. The van der Waals surface area contributed by atoms with Crippen molar-refractivity contribution in [2.45, 2.75) is 11.8 Å². The molecule has 0 atom stereocenters. The van der Waals surface area contributed by atoms with E-state index < -0.39 is 10.0 Å². The van der Waals surface area contributed by atoms with Crippen molar-refractivity contribution in [3.63, 3.8) is 0 Å². The Morgan fingerprint density at radius 2 is 1.66 bits per heavy atom. The quantitative estimate of drug-likeness (QED) is 0.457. The molecule has 1 aliphatic carbocycles. The van der Waals surface area contributed by atoms with Crippen LogP contribution in [0.5, 0.6) is 0 Å². The van der Waals surface area contributed by atoms with Crippen LogP contribution in [0.4, 0.5) is 5.69 Å². The second-order valence-electron chi connectivity index (χ2n) is 7.09. The van der Waals surface area contributed by atoms with E-state index in [0.29, 0.717) is 6.54 Å². The van der Waals surface area contributed by atoms with Gasteiger partial charge < -0.3 is 10.0 Å². The number of fused-ring (bicyclic) bond motifs is 1. The molecule has 0 unspecified atom stereocenters. The van der Waals surface area contributed by atoms with Crippen molar-refractivity contribution in [3.05, 3.63) is 107 Å². The molecule has 0 amide bonds. The molecule has 0 aliphatic heterocycles. The lowest BCUT2D eigenvalue weighted by atomic mass is 10.0. The predicted octanol–water partition coefficient (Wildman–Crippen LogP) is 4.96. The molecular formula is C25H20BrN2O3S-. The molecule has 0 saturated carbocycles. The first kappa shape index (κ1) is 22.0. The van der Waals surface area contributed by atoms with Gasteiger partial charge in [0.2, 0.25) is 0 Å². The highest BCUT2D eigenvalue weighted by molar-refractivity contribution is 9.10. The average molecular weight is 508 g/mol. The molecule has 0 N–H and O–H groups in total. The number of hydrogen-bond donors (Lipinski definition) is 0. The molecule has 3 aromatic rings. The summed E-state index contributed by atoms with van der Waals surface area (Å²) in [6, 6.07) is 19.8. The molecule has 5 nitrogen and oxygen atoms in total. The van der Waals surface area contributed by atoms with Crippen molar-refractivity contribution in [3.8, 4) is 0 Å². The summed E-state index contributed by atoms with van der Waals surface area (Å²) >= 11 is 3.30. The largest absolute Gasteiger partial charge is 0.860 e. The number of allylic oxidation sites excluding steroid dienone is 5. The zero-order valence-corrected chi connectivity index (χ0v) is 19.7. The van der Waals surface area contributed by atoms with Gasteiger partial charge in [-0.1, -0.05) is 70.6 Å². The molecule has 7 heteroatoms. The van der Waals surface area contributed by atoms with Gasteiger partial charge in [-0.25, -0.2) is 0 Å². The number of halogens is 1. The van der Waals surface area contributed by atoms with E-state index >= 15 is 0 Å². The molecule has 0 aromatic heterocycles. The number of sulfonamides is 1. The number of benzene rings is 3. The van der Waals surface area contributed by atoms with Gasteiger partial charge in [0.25, 0.3) is 10.0 Å². The van der Waals surface area contributed by atoms with Crippen molar-refractivity contribution in [1.82, 2.24) is 0 Å². The van der Waals surface area contributed by atoms with Crippen LogP contribution in [0.1, 0.15) is 6.92 Å². The first-order valence-corrected chi connectivity index (χ1v) is 12.3. The number of anilines is 1. The Bertz CT molecular complexity index is 1380. The lowest BCUT2D eigenvalue weighted by Crippen LogP contribution is -2.33. The molecule has 0 radical (unpaired) electrons. The molecular weight excluding hydrogens is 488 g/mol. The second-order valence-corrected chi connectivity index (χ2v) is 9.60. The Morgan fingerprint density at radius 3 is 2.41 bits per heavy atom. The van der Waals surface area contributed by atoms with Crippen LogP contribution in [0.2, 0.25) is 0 Å². The van der Waals surface area contributed by atoms with E-state index in [2.05, 4.69) is 20.3 Å². The molecule has 162 valence electrons. The Labute approximate surface area is 195 Å². The standard InChI is InChI=1S/C25H21BrN2O3S/c1-2-28(24-13-7-9-18-8-3-4-10-21(18)24)25(29)22-11-5-6-12-23(22)27-32(30,31)20-16-14-19(26)15-17-20/h3-17,29H,2H2,1H3/p-1. The maximum atomic E-state index is 13.6. The van der Waals surface area contributed by atoms with Crippen LogP contribution >= 0.6 is 15.9 Å². The van der Waals surface area contributed by atoms with Crippen molar-refractivity contribution in [1.29, 1.82) is 0 Å². The van der Waals surface area contributed by atoms with Gasteiger partial charge in [0.15, 0.2) is 0 Å². The van der Waals surface area contributed by atoms with Gasteiger partial charge in [-0.05, 0) is 54.6 Å². The van der Waals surface area contributed by atoms with Gasteiger partial charge in [-0.15, -0.1) is 0 Å². The molecule has 0 saturated heterocycles. The molecule has 0 bridgehead atoms. The normalized spacial score (nSPS) is 16.5. The van der Waals surface area contributed by atoms with E-state index in [-0.39, 0.29) is 22.1 Å². The van der Waals surface area contributed by atoms with Crippen LogP contribution < -0.4 is 10.0 Å². The zero-order valence-electron chi connectivity index (χ0n) is 17.3. The second kappa shape index (κ2) is 9.14. The fourth-order valence-corrected chi connectivity index (χ4v) is 4.80. The van der Waals surface area contributed by atoms with Crippen molar-refractivity contribution < 1.29 is 13.5 Å². The van der Waals surface area contributed by atoms with Gasteiger partial charge in [-0.2, -0.15) is 12.8 Å². The van der Waals surface area contributed by atoms with E-state index in [9.17, 15) is 13.5 Å². The van der Waals surface area contributed by atoms with Gasteiger partial charge in [-0.3, -0.25) is 0 Å². The van der Waals surface area contributed by atoms with Gasteiger partial charge >= 0.3 is 0 Å². The monoisotopic (exact) mass is 507 g/mol. The molecule has 0 heterocycles. The summed E-state index contributed by atoms with van der Waals surface area (Å²) in [5.41, 5.74) is 1.10. The number of nitrogens with zero attached hydrogens (tertiary/aromatic N) is 2. The van der Waals surface area contributed by atoms with Crippen LogP contribution in [0.3, 0.4) is 0 Å². The third-order valence-corrected chi connectivity index (χ3v) is 6.92. The Kier molecular flexibility index (Phi) is 6.30. The van der Waals surface area contributed by atoms with Crippen LogP contribution in [0.25, 0.3) is 10.8 Å². The van der Waals surface area contributed by atoms with Gasteiger partial charge in [0.1, 0.15) is 0 Å². The predicted molar refractivity (Wildman–Crippen MR) is 131 cm³/mol. The van der Waals surface area contributed by atoms with Crippen LogP contribution in [0.15, 0.2) is 116 Å². The molecule has 3 aromatic carbocycles. The first-order valence-electron chi connectivity index (χ1n) is 10.0. The van der Waals surface area contributed by atoms with E-state index in [4.69, 9.17) is 0 Å². The van der Waals surface area contributed by atoms with Crippen molar-refractivity contribution in [2.75, 3.05) is 11.4 Å². The summed E-state index contributed by atoms with van der Waals surface area (Å²) in [7, 11) is -3.98. The third-order valence-electron chi connectivity index (χ3n) is 5.08. The Morgan fingerprint density at radius 1 is 0.969 bits per heavy atom. The van der Waals surface area contributed by atoms with Crippen molar-refractivity contribution >= 4 is 48.1 Å². The van der Waals surface area contributed by atoms with Crippen LogP contribution in [-0.4, -0.2) is 20.7 Å². The van der Waals surface area contributed by atoms with Gasteiger partial charge in [0.05, 0.1) is 10.6 Å². The maximum absolute atomic E-state index is 13.6. The summed E-state index contributed by atoms with van der Waals surface area (Å²) in [4.78, 5) is 1.70. The maximum Gasteiger partial charge on any atom is 0.282 e. The molecule has 32 heavy (non-hydrogen) atoms. The summed E-state index contributed by atoms with van der Waals surface area (Å²) in [5.74, 6) is -0.311. The highest BCUT2D eigenvalue weighted by Crippen LogP contribution is 2.29. The van der Waals surface area contributed by atoms with E-state index in [1.807, 2.05) is 49.4 Å². The smallest absolute Gasteiger partial charge is 0.282 e. The Balaban J connectivity index is 1.82. The molecule has 0 fully saturated rings. The van der Waals surface area contributed by atoms with Crippen LogP contribution in [-0.2, 0) is 10.0 Å². The minimum atomic E-state index is -3.98. The van der Waals surface area contributed by atoms with Crippen LogP contribution in [0, 0.1) is 0 Å². The first-order chi connectivity index (χ1) is 15.4. The fourth-order valence-electron chi connectivity index (χ4n) is 3.54. The zero-order chi connectivity index (χ0) is 22.7. The molecule has 0 spiro atoms. The molecule has 4 rings (SSSR count). The minimum Gasteiger partial charge on any atom is -0.860 e. The summed E-state index contributed by atoms with van der Waals surface area (Å²) < 4.78 is 30.5. The highest BCUT2D eigenvalue weighted by Gasteiger charge is 2.18. The topological polar surface area (TPSA) is 72.8 Å². The lowest BCUT2D eigenvalue weighted by Gasteiger charge is -2.33. The minimum absolute atomic E-state index is 0.0596. The van der Waals surface area contributed by atoms with E-state index in [0.717, 1.165) is 20.9 Å². The molecule has 1 aliphatic rings. The summed E-state index contributed by atoms with van der Waals surface area (Å²) in [6.07, 6.45) is 6.52. The number of rotatable bonds is 5.